The Hall–Kier alpha value is -6.38. The van der Waals surface area contributed by atoms with Crippen molar-refractivity contribution in [2.75, 3.05) is 4.90 Å². The molecule has 0 unspecified atom stereocenters. The molecule has 1 heterocycles. The Labute approximate surface area is 297 Å². The third kappa shape index (κ3) is 4.57. The minimum Gasteiger partial charge on any atom is -0.455 e. The number of benzene rings is 8. The first kappa shape index (κ1) is 29.5. The van der Waals surface area contributed by atoms with Crippen LogP contribution in [0.25, 0.3) is 66.1 Å². The van der Waals surface area contributed by atoms with Gasteiger partial charge in [0.2, 0.25) is 0 Å². The summed E-state index contributed by atoms with van der Waals surface area (Å²) in [6.07, 6.45) is 0. The van der Waals surface area contributed by atoms with Crippen molar-refractivity contribution in [2.24, 2.45) is 0 Å². The maximum atomic E-state index is 6.75. The summed E-state index contributed by atoms with van der Waals surface area (Å²) in [5.41, 5.74) is 14.9. The van der Waals surface area contributed by atoms with Gasteiger partial charge in [-0.15, -0.1) is 0 Å². The zero-order chi connectivity index (χ0) is 34.1. The monoisotopic (exact) mass is 653 g/mol. The van der Waals surface area contributed by atoms with E-state index in [-0.39, 0.29) is 5.41 Å². The molecular weight excluding hydrogens is 619 g/mol. The second-order valence-corrected chi connectivity index (χ2v) is 14.1. The van der Waals surface area contributed by atoms with Crippen LogP contribution in [0.4, 0.5) is 17.1 Å². The van der Waals surface area contributed by atoms with Gasteiger partial charge in [0.15, 0.2) is 0 Å². The van der Waals surface area contributed by atoms with Crippen LogP contribution < -0.4 is 4.90 Å². The predicted molar refractivity (Wildman–Crippen MR) is 214 cm³/mol. The maximum Gasteiger partial charge on any atom is 0.144 e. The molecule has 1 aliphatic rings. The molecule has 0 radical (unpaired) electrons. The van der Waals surface area contributed by atoms with Crippen LogP contribution in [0.15, 0.2) is 180 Å². The molecule has 0 fully saturated rings. The molecular formula is C49H35NO. The summed E-state index contributed by atoms with van der Waals surface area (Å²) in [5, 5.41) is 4.90. The summed E-state index contributed by atoms with van der Waals surface area (Å²) in [4.78, 5) is 2.39. The molecule has 0 atom stereocenters. The lowest BCUT2D eigenvalue weighted by Crippen LogP contribution is -2.17. The van der Waals surface area contributed by atoms with Gasteiger partial charge in [-0.1, -0.05) is 147 Å². The van der Waals surface area contributed by atoms with Crippen LogP contribution in [0.3, 0.4) is 0 Å². The highest BCUT2D eigenvalue weighted by atomic mass is 16.3. The number of furan rings is 1. The van der Waals surface area contributed by atoms with Crippen LogP contribution in [-0.4, -0.2) is 0 Å². The average molecular weight is 654 g/mol. The molecule has 9 aromatic rings. The molecule has 2 nitrogen and oxygen atoms in total. The molecule has 0 saturated carbocycles. The zero-order valence-corrected chi connectivity index (χ0v) is 28.6. The summed E-state index contributed by atoms with van der Waals surface area (Å²) < 4.78 is 6.75. The number of para-hydroxylation sites is 1. The summed E-state index contributed by atoms with van der Waals surface area (Å²) in [7, 11) is 0. The van der Waals surface area contributed by atoms with Gasteiger partial charge in [-0.05, 0) is 92.2 Å². The van der Waals surface area contributed by atoms with Gasteiger partial charge in [-0.2, -0.15) is 0 Å². The molecule has 51 heavy (non-hydrogen) atoms. The standard InChI is InChI=1S/C49H35NO/c1-49(2)43-31-38(29-30-41(43)46-47(49)40-18-10-9-17-39(40)45-42-19-11-12-20-44(42)51-48(45)46)50(36-25-21-34(22-26-36)32-13-5-3-6-14-32)37-27-23-35(24-28-37)33-15-7-4-8-16-33/h3-31H,1-2H3. The Balaban J connectivity index is 1.16. The van der Waals surface area contributed by atoms with Gasteiger partial charge in [0.1, 0.15) is 11.2 Å². The number of fused-ring (bicyclic) bond motifs is 10. The summed E-state index contributed by atoms with van der Waals surface area (Å²) in [5.74, 6) is 0. The Bertz CT molecular complexity index is 2660. The molecule has 0 amide bonds. The van der Waals surface area contributed by atoms with Gasteiger partial charge in [-0.3, -0.25) is 0 Å². The van der Waals surface area contributed by atoms with Crippen molar-refractivity contribution in [1.82, 2.24) is 0 Å². The normalized spacial score (nSPS) is 13.1. The van der Waals surface area contributed by atoms with Gasteiger partial charge in [0.25, 0.3) is 0 Å². The van der Waals surface area contributed by atoms with Crippen LogP contribution in [0.1, 0.15) is 25.0 Å². The van der Waals surface area contributed by atoms with E-state index >= 15 is 0 Å². The Morgan fingerprint density at radius 1 is 0.451 bits per heavy atom. The Kier molecular flexibility index (Phi) is 6.56. The molecule has 2 heteroatoms. The first-order chi connectivity index (χ1) is 25.1. The van der Waals surface area contributed by atoms with E-state index in [1.54, 1.807) is 0 Å². The van der Waals surface area contributed by atoms with E-state index in [1.807, 2.05) is 0 Å². The van der Waals surface area contributed by atoms with Crippen molar-refractivity contribution in [3.05, 3.63) is 187 Å². The average Bonchev–Trinajstić information content (AvgIpc) is 3.69. The highest BCUT2D eigenvalue weighted by Crippen LogP contribution is 2.57. The molecule has 1 aliphatic carbocycles. The molecule has 8 aromatic carbocycles. The molecule has 0 bridgehead atoms. The highest BCUT2D eigenvalue weighted by molar-refractivity contribution is 6.25. The lowest BCUT2D eigenvalue weighted by Gasteiger charge is -2.28. The minimum atomic E-state index is -0.256. The fourth-order valence-corrected chi connectivity index (χ4v) is 8.42. The van der Waals surface area contributed by atoms with Crippen LogP contribution >= 0.6 is 0 Å². The van der Waals surface area contributed by atoms with E-state index < -0.39 is 0 Å². The minimum absolute atomic E-state index is 0.256. The predicted octanol–water partition coefficient (Wildman–Crippen LogP) is 13.8. The van der Waals surface area contributed by atoms with Crippen molar-refractivity contribution >= 4 is 49.8 Å². The van der Waals surface area contributed by atoms with Crippen LogP contribution in [0.5, 0.6) is 0 Å². The van der Waals surface area contributed by atoms with E-state index in [9.17, 15) is 0 Å². The maximum absolute atomic E-state index is 6.75. The van der Waals surface area contributed by atoms with Gasteiger partial charge in [-0.25, -0.2) is 0 Å². The molecule has 0 saturated heterocycles. The van der Waals surface area contributed by atoms with Gasteiger partial charge >= 0.3 is 0 Å². The second kappa shape index (κ2) is 11.3. The van der Waals surface area contributed by atoms with E-state index in [2.05, 4.69) is 195 Å². The van der Waals surface area contributed by atoms with Gasteiger partial charge in [0.05, 0.1) is 0 Å². The summed E-state index contributed by atoms with van der Waals surface area (Å²) in [6, 6.07) is 63.4. The van der Waals surface area contributed by atoms with E-state index in [4.69, 9.17) is 4.42 Å². The third-order valence-electron chi connectivity index (χ3n) is 10.8. The smallest absolute Gasteiger partial charge is 0.144 e. The first-order valence-corrected chi connectivity index (χ1v) is 17.7. The molecule has 1 aromatic heterocycles. The van der Waals surface area contributed by atoms with Crippen molar-refractivity contribution < 1.29 is 4.42 Å². The van der Waals surface area contributed by atoms with Crippen molar-refractivity contribution in [1.29, 1.82) is 0 Å². The van der Waals surface area contributed by atoms with Gasteiger partial charge in [0, 0.05) is 38.8 Å². The molecule has 242 valence electrons. The molecule has 10 rings (SSSR count). The fraction of sp³-hybridized carbons (Fsp3) is 0.0612. The van der Waals surface area contributed by atoms with Crippen LogP contribution in [0, 0.1) is 0 Å². The summed E-state index contributed by atoms with van der Waals surface area (Å²) in [6.45, 7) is 4.74. The third-order valence-corrected chi connectivity index (χ3v) is 10.8. The van der Waals surface area contributed by atoms with E-state index in [1.165, 1.54) is 66.1 Å². The topological polar surface area (TPSA) is 16.4 Å². The largest absolute Gasteiger partial charge is 0.455 e. The molecule has 0 aliphatic heterocycles. The Morgan fingerprint density at radius 2 is 0.941 bits per heavy atom. The number of anilines is 3. The first-order valence-electron chi connectivity index (χ1n) is 17.7. The van der Waals surface area contributed by atoms with Crippen LogP contribution in [-0.2, 0) is 5.41 Å². The quantitative estimate of drug-likeness (QED) is 0.184. The molecule has 0 spiro atoms. The van der Waals surface area contributed by atoms with Crippen LogP contribution in [0.2, 0.25) is 0 Å². The fourth-order valence-electron chi connectivity index (χ4n) is 8.42. The second-order valence-electron chi connectivity index (χ2n) is 14.1. The SMILES string of the molecule is CC1(C)c2cc(N(c3ccc(-c4ccccc4)cc3)c3ccc(-c4ccccc4)cc3)ccc2-c2c1c1ccccc1c1c2oc2ccccc21. The van der Waals surface area contributed by atoms with Crippen molar-refractivity contribution in [3.63, 3.8) is 0 Å². The summed E-state index contributed by atoms with van der Waals surface area (Å²) >= 11 is 0. The number of hydrogen-bond acceptors (Lipinski definition) is 2. The molecule has 0 N–H and O–H groups in total. The lowest BCUT2D eigenvalue weighted by molar-refractivity contribution is 0.658. The lowest BCUT2D eigenvalue weighted by atomic mass is 9.79. The van der Waals surface area contributed by atoms with Crippen molar-refractivity contribution in [2.45, 2.75) is 19.3 Å². The van der Waals surface area contributed by atoms with E-state index in [0.717, 1.165) is 28.2 Å². The number of rotatable bonds is 5. The van der Waals surface area contributed by atoms with E-state index in [0.29, 0.717) is 0 Å². The number of nitrogens with zero attached hydrogens (tertiary/aromatic N) is 1. The van der Waals surface area contributed by atoms with Crippen molar-refractivity contribution in [3.8, 4) is 33.4 Å². The highest BCUT2D eigenvalue weighted by Gasteiger charge is 2.40. The van der Waals surface area contributed by atoms with Gasteiger partial charge < -0.3 is 9.32 Å². The zero-order valence-electron chi connectivity index (χ0n) is 28.6. The Morgan fingerprint density at radius 3 is 1.55 bits per heavy atom. The number of hydrogen-bond donors (Lipinski definition) is 0.